The van der Waals surface area contributed by atoms with Gasteiger partial charge in [-0.1, -0.05) is 0 Å². The number of amides is 1. The topological polar surface area (TPSA) is 75.3 Å². The van der Waals surface area contributed by atoms with Crippen molar-refractivity contribution in [1.29, 1.82) is 0 Å². The van der Waals surface area contributed by atoms with Crippen molar-refractivity contribution in [1.82, 2.24) is 15.1 Å². The molecule has 0 aromatic carbocycles. The van der Waals surface area contributed by atoms with Crippen LogP contribution in [0.15, 0.2) is 10.9 Å². The highest BCUT2D eigenvalue weighted by molar-refractivity contribution is 5.77. The Morgan fingerprint density at radius 2 is 2.40 bits per heavy atom. The van der Waals surface area contributed by atoms with Gasteiger partial charge in [0.2, 0.25) is 5.91 Å². The molecule has 0 radical (unpaired) electrons. The molecule has 1 amide bonds. The maximum atomic E-state index is 12.3. The normalized spacial score (nSPS) is 24.9. The van der Waals surface area contributed by atoms with E-state index in [1.807, 2.05) is 4.90 Å². The summed E-state index contributed by atoms with van der Waals surface area (Å²) in [6.45, 7) is 1.17. The fourth-order valence-corrected chi connectivity index (χ4v) is 3.00. The fourth-order valence-electron chi connectivity index (χ4n) is 3.00. The van der Waals surface area contributed by atoms with Crippen LogP contribution >= 0.6 is 0 Å². The summed E-state index contributed by atoms with van der Waals surface area (Å²) >= 11 is 0. The predicted molar refractivity (Wildman–Crippen MR) is 72.1 cm³/mol. The quantitative estimate of drug-likeness (QED) is 0.871. The molecule has 1 aliphatic carbocycles. The van der Waals surface area contributed by atoms with Crippen LogP contribution in [0.4, 0.5) is 0 Å². The molecule has 1 aromatic heterocycles. The molecule has 0 saturated heterocycles. The Morgan fingerprint density at radius 1 is 1.55 bits per heavy atom. The molecular formula is C14H19N3O3. The van der Waals surface area contributed by atoms with Gasteiger partial charge >= 0.3 is 0 Å². The van der Waals surface area contributed by atoms with E-state index in [9.17, 15) is 9.59 Å². The highest BCUT2D eigenvalue weighted by Crippen LogP contribution is 2.33. The molecule has 0 spiro atoms. The molecule has 0 bridgehead atoms. The zero-order chi connectivity index (χ0) is 14.1. The SMILES string of the molecule is COC1CCC1CC(=O)N1CCc2n[nH]c(=O)cc2C1. The van der Waals surface area contributed by atoms with Crippen molar-refractivity contribution in [2.75, 3.05) is 13.7 Å². The van der Waals surface area contributed by atoms with Crippen molar-refractivity contribution < 1.29 is 9.53 Å². The number of hydrogen-bond acceptors (Lipinski definition) is 4. The van der Waals surface area contributed by atoms with Gasteiger partial charge in [-0.15, -0.1) is 0 Å². The minimum Gasteiger partial charge on any atom is -0.381 e. The van der Waals surface area contributed by atoms with E-state index >= 15 is 0 Å². The number of aromatic nitrogens is 2. The second kappa shape index (κ2) is 5.36. The second-order valence-electron chi connectivity index (χ2n) is 5.59. The molecule has 20 heavy (non-hydrogen) atoms. The number of carbonyl (C=O) groups is 1. The molecule has 2 unspecified atom stereocenters. The molecule has 1 saturated carbocycles. The van der Waals surface area contributed by atoms with E-state index in [4.69, 9.17) is 4.74 Å². The average molecular weight is 277 g/mol. The third kappa shape index (κ3) is 2.47. The number of methoxy groups -OCH3 is 1. The van der Waals surface area contributed by atoms with Crippen LogP contribution in [0.3, 0.4) is 0 Å². The number of H-pyrrole nitrogens is 1. The summed E-state index contributed by atoms with van der Waals surface area (Å²) in [4.78, 5) is 25.4. The lowest BCUT2D eigenvalue weighted by Gasteiger charge is -2.37. The minimum atomic E-state index is -0.212. The first kappa shape index (κ1) is 13.3. The Balaban J connectivity index is 1.64. The van der Waals surface area contributed by atoms with E-state index in [1.54, 1.807) is 13.2 Å². The largest absolute Gasteiger partial charge is 0.381 e. The Bertz CT molecular complexity index is 567. The average Bonchev–Trinajstić information content (AvgIpc) is 2.43. The Hall–Kier alpha value is -1.69. The number of hydrogen-bond donors (Lipinski definition) is 1. The highest BCUT2D eigenvalue weighted by atomic mass is 16.5. The van der Waals surface area contributed by atoms with Gasteiger partial charge in [-0.3, -0.25) is 9.59 Å². The first-order valence-corrected chi connectivity index (χ1v) is 7.05. The number of fused-ring (bicyclic) bond motifs is 1. The highest BCUT2D eigenvalue weighted by Gasteiger charge is 2.34. The van der Waals surface area contributed by atoms with Gasteiger partial charge in [0.25, 0.3) is 5.56 Å². The molecule has 1 fully saturated rings. The minimum absolute atomic E-state index is 0.155. The van der Waals surface area contributed by atoms with Gasteiger partial charge in [0.1, 0.15) is 0 Å². The fraction of sp³-hybridized carbons (Fsp3) is 0.643. The lowest BCUT2D eigenvalue weighted by Crippen LogP contribution is -2.42. The van der Waals surface area contributed by atoms with Crippen LogP contribution in [0.1, 0.15) is 30.5 Å². The summed E-state index contributed by atoms with van der Waals surface area (Å²) in [7, 11) is 1.70. The van der Waals surface area contributed by atoms with Gasteiger partial charge < -0.3 is 9.64 Å². The molecule has 2 aliphatic rings. The van der Waals surface area contributed by atoms with Gasteiger partial charge in [0.15, 0.2) is 0 Å². The molecule has 1 aromatic rings. The molecule has 3 rings (SSSR count). The molecule has 2 atom stereocenters. The van der Waals surface area contributed by atoms with Crippen molar-refractivity contribution in [3.05, 3.63) is 27.7 Å². The van der Waals surface area contributed by atoms with Gasteiger partial charge in [-0.05, 0) is 18.8 Å². The molecule has 108 valence electrons. The first-order valence-electron chi connectivity index (χ1n) is 7.05. The number of rotatable bonds is 3. The maximum absolute atomic E-state index is 12.3. The van der Waals surface area contributed by atoms with Crippen molar-refractivity contribution in [3.8, 4) is 0 Å². The van der Waals surface area contributed by atoms with Crippen LogP contribution < -0.4 is 5.56 Å². The predicted octanol–water partition coefficient (Wildman–Crippen LogP) is 0.470. The van der Waals surface area contributed by atoms with E-state index in [1.165, 1.54) is 0 Å². The Labute approximate surface area is 117 Å². The van der Waals surface area contributed by atoms with E-state index < -0.39 is 0 Å². The number of aromatic amines is 1. The first-order chi connectivity index (χ1) is 9.67. The van der Waals surface area contributed by atoms with E-state index in [-0.39, 0.29) is 17.6 Å². The van der Waals surface area contributed by atoms with E-state index in [0.29, 0.717) is 31.8 Å². The Kier molecular flexibility index (Phi) is 3.56. The van der Waals surface area contributed by atoms with Crippen LogP contribution in [0, 0.1) is 5.92 Å². The van der Waals surface area contributed by atoms with Crippen molar-refractivity contribution >= 4 is 5.91 Å². The van der Waals surface area contributed by atoms with Gasteiger partial charge in [-0.2, -0.15) is 5.10 Å². The maximum Gasteiger partial charge on any atom is 0.264 e. The van der Waals surface area contributed by atoms with Gasteiger partial charge in [0.05, 0.1) is 11.8 Å². The summed E-state index contributed by atoms with van der Waals surface area (Å²) < 4.78 is 5.33. The third-order valence-corrected chi connectivity index (χ3v) is 4.40. The van der Waals surface area contributed by atoms with Crippen LogP contribution in [0.5, 0.6) is 0 Å². The second-order valence-corrected chi connectivity index (χ2v) is 5.59. The third-order valence-electron chi connectivity index (χ3n) is 4.40. The summed E-state index contributed by atoms with van der Waals surface area (Å²) in [5.41, 5.74) is 1.55. The van der Waals surface area contributed by atoms with Crippen LogP contribution in [-0.2, 0) is 22.5 Å². The zero-order valence-corrected chi connectivity index (χ0v) is 11.6. The van der Waals surface area contributed by atoms with E-state index in [2.05, 4.69) is 10.2 Å². The van der Waals surface area contributed by atoms with Gasteiger partial charge in [-0.25, -0.2) is 5.10 Å². The molecule has 6 heteroatoms. The molecule has 1 aliphatic heterocycles. The van der Waals surface area contributed by atoms with Crippen LogP contribution in [0.2, 0.25) is 0 Å². The number of nitrogens with zero attached hydrogens (tertiary/aromatic N) is 2. The summed E-state index contributed by atoms with van der Waals surface area (Å²) in [6, 6.07) is 1.54. The zero-order valence-electron chi connectivity index (χ0n) is 11.6. The number of nitrogens with one attached hydrogen (secondary N) is 1. The Morgan fingerprint density at radius 3 is 3.10 bits per heavy atom. The summed E-state index contributed by atoms with van der Waals surface area (Å²) in [5.74, 6) is 0.508. The van der Waals surface area contributed by atoms with Crippen LogP contribution in [-0.4, -0.2) is 40.8 Å². The summed E-state index contributed by atoms with van der Waals surface area (Å²) in [5, 5.41) is 6.47. The molecule has 2 heterocycles. The van der Waals surface area contributed by atoms with Crippen molar-refractivity contribution in [2.24, 2.45) is 5.92 Å². The molecule has 1 N–H and O–H groups in total. The summed E-state index contributed by atoms with van der Waals surface area (Å²) in [6.07, 6.45) is 3.60. The van der Waals surface area contributed by atoms with Crippen LogP contribution in [0.25, 0.3) is 0 Å². The van der Waals surface area contributed by atoms with E-state index in [0.717, 1.165) is 24.1 Å². The monoisotopic (exact) mass is 277 g/mol. The number of ether oxygens (including phenoxy) is 1. The van der Waals surface area contributed by atoms with Gasteiger partial charge in [0, 0.05) is 44.7 Å². The van der Waals surface area contributed by atoms with Crippen molar-refractivity contribution in [3.63, 3.8) is 0 Å². The van der Waals surface area contributed by atoms with Crippen molar-refractivity contribution in [2.45, 2.75) is 38.3 Å². The molecular weight excluding hydrogens is 258 g/mol. The smallest absolute Gasteiger partial charge is 0.264 e. The standard InChI is InChI=1S/C14H19N3O3/c1-20-12-3-2-9(12)7-14(19)17-5-4-11-10(8-17)6-13(18)16-15-11/h6,9,12H,2-5,7-8H2,1H3,(H,16,18). The molecule has 6 nitrogen and oxygen atoms in total. The lowest BCUT2D eigenvalue weighted by molar-refractivity contribution is -0.136. The lowest BCUT2D eigenvalue weighted by atomic mass is 9.79. The number of carbonyl (C=O) groups excluding carboxylic acids is 1.